The fourth-order valence-corrected chi connectivity index (χ4v) is 7.20. The molecule has 1 N–H and O–H groups in total. The summed E-state index contributed by atoms with van der Waals surface area (Å²) >= 11 is 0. The molecule has 1 aliphatic rings. The van der Waals surface area contributed by atoms with Gasteiger partial charge in [0.1, 0.15) is 19.8 Å². The van der Waals surface area contributed by atoms with Crippen molar-refractivity contribution in [3.8, 4) is 0 Å². The van der Waals surface area contributed by atoms with E-state index < -0.39 is 32.5 Å². The molecule has 1 saturated heterocycles. The number of ether oxygens (including phenoxy) is 3. The molecule has 1 heterocycles. The number of quaternary nitrogens is 1. The van der Waals surface area contributed by atoms with Gasteiger partial charge in [-0.2, -0.15) is 0 Å². The number of rotatable bonds is 42. The summed E-state index contributed by atoms with van der Waals surface area (Å²) in [4.78, 5) is 35.6. The molecule has 0 spiro atoms. The van der Waals surface area contributed by atoms with Crippen molar-refractivity contribution in [1.29, 1.82) is 0 Å². The van der Waals surface area contributed by atoms with Gasteiger partial charge in [-0.05, 0) is 89.9 Å². The Morgan fingerprint density at radius 1 is 0.597 bits per heavy atom. The first-order chi connectivity index (χ1) is 30.0. The lowest BCUT2D eigenvalue weighted by molar-refractivity contribution is -0.870. The molecule has 0 amide bonds. The van der Waals surface area contributed by atoms with Gasteiger partial charge in [0, 0.05) is 12.8 Å². The number of nitrogens with zero attached hydrogens (tertiary/aromatic N) is 1. The minimum absolute atomic E-state index is 0.0115. The number of hydrogen-bond acceptors (Lipinski definition) is 8. The number of allylic oxidation sites excluding steroid dienone is 11. The van der Waals surface area contributed by atoms with Gasteiger partial charge in [-0.1, -0.05) is 145 Å². The Morgan fingerprint density at radius 3 is 1.66 bits per heavy atom. The lowest BCUT2D eigenvalue weighted by Crippen LogP contribution is -2.37. The third kappa shape index (κ3) is 39.0. The zero-order valence-electron chi connectivity index (χ0n) is 39.8. The number of esters is 2. The average Bonchev–Trinajstić information content (AvgIpc) is 3.98. The third-order valence-electron chi connectivity index (χ3n) is 10.4. The molecule has 0 bridgehead atoms. The van der Waals surface area contributed by atoms with Gasteiger partial charge < -0.3 is 23.6 Å². The van der Waals surface area contributed by atoms with Crippen LogP contribution in [0.2, 0.25) is 0 Å². The van der Waals surface area contributed by atoms with Crippen molar-refractivity contribution in [2.75, 3.05) is 47.5 Å². The third-order valence-corrected chi connectivity index (χ3v) is 11.4. The highest BCUT2D eigenvalue weighted by Crippen LogP contribution is 2.43. The number of carbonyl (C=O) groups is 2. The van der Waals surface area contributed by atoms with E-state index in [1.54, 1.807) is 0 Å². The molecule has 356 valence electrons. The van der Waals surface area contributed by atoms with Gasteiger partial charge in [0.05, 0.1) is 40.0 Å². The SMILES string of the molecule is CCCCC/C=C\C/C=C\C/C=C\CC1OC1CCCC(=O)O[C@H](COC(=O)CCCCCCCC/C=C\C/C=C\C/C=C\CCCCCC)COP(=O)(O)OCC[N+](C)(C)C. The molecule has 10 nitrogen and oxygen atoms in total. The van der Waals surface area contributed by atoms with Gasteiger partial charge in [-0.25, -0.2) is 4.57 Å². The van der Waals surface area contributed by atoms with Crippen LogP contribution in [-0.4, -0.2) is 87.1 Å². The Bertz CT molecular complexity index is 1350. The fourth-order valence-electron chi connectivity index (χ4n) is 6.46. The number of phosphoric acid groups is 1. The van der Waals surface area contributed by atoms with Gasteiger partial charge >= 0.3 is 19.8 Å². The van der Waals surface area contributed by atoms with Crippen molar-refractivity contribution >= 4 is 19.8 Å². The fraction of sp³-hybridized carbons (Fsp3) is 0.725. The second-order valence-corrected chi connectivity index (χ2v) is 19.0. The second kappa shape index (κ2) is 38.8. The maximum absolute atomic E-state index is 12.8. The van der Waals surface area contributed by atoms with Crippen molar-refractivity contribution < 1.29 is 46.8 Å². The van der Waals surface area contributed by atoms with E-state index in [4.69, 9.17) is 23.3 Å². The molecule has 0 aromatic heterocycles. The standard InChI is InChI=1S/C51H88NO9P/c1-6-8-10-12-14-16-18-20-21-22-23-24-25-26-27-29-31-33-35-37-41-50(53)57-45-47(46-59-62(55,56)58-44-43-52(3,4)5)60-51(54)42-38-40-49-48(61-49)39-36-34-32-30-28-19-17-15-13-11-9-7-2/h15-18,21-22,24-25,28,30,34,36,47-49H,6-14,19-20,23,26-27,29,31-33,35,37-46H2,1-5H3/p+1/b17-15-,18-16-,22-21-,25-24-,30-28-,36-34-/t47-,48?,49?/m1/s1. The lowest BCUT2D eigenvalue weighted by atomic mass is 10.1. The minimum atomic E-state index is -4.41. The maximum atomic E-state index is 12.8. The molecule has 3 unspecified atom stereocenters. The average molecular weight is 891 g/mol. The van der Waals surface area contributed by atoms with Gasteiger partial charge in [-0.3, -0.25) is 18.6 Å². The number of likely N-dealkylation sites (N-methyl/N-ethyl adjacent to an activating group) is 1. The number of hydrogen-bond donors (Lipinski definition) is 1. The second-order valence-electron chi connectivity index (χ2n) is 17.5. The molecule has 1 rings (SSSR count). The Labute approximate surface area is 378 Å². The van der Waals surface area contributed by atoms with E-state index in [0.29, 0.717) is 23.9 Å². The number of unbranched alkanes of at least 4 members (excludes halogenated alkanes) is 13. The highest BCUT2D eigenvalue weighted by molar-refractivity contribution is 7.47. The molecule has 0 radical (unpaired) electrons. The van der Waals surface area contributed by atoms with E-state index in [1.807, 2.05) is 21.1 Å². The molecule has 0 aromatic carbocycles. The normalized spacial score (nSPS) is 17.4. The zero-order chi connectivity index (χ0) is 45.4. The first kappa shape index (κ1) is 57.4. The molecule has 1 aliphatic heterocycles. The summed E-state index contributed by atoms with van der Waals surface area (Å²) in [5.41, 5.74) is 0. The Hall–Kier alpha value is -2.59. The van der Waals surface area contributed by atoms with Crippen LogP contribution in [0.1, 0.15) is 174 Å². The van der Waals surface area contributed by atoms with Crippen LogP contribution >= 0.6 is 7.82 Å². The highest BCUT2D eigenvalue weighted by Gasteiger charge is 2.37. The van der Waals surface area contributed by atoms with E-state index >= 15 is 0 Å². The Kier molecular flexibility index (Phi) is 36.0. The smallest absolute Gasteiger partial charge is 0.462 e. The molecular weight excluding hydrogens is 802 g/mol. The summed E-state index contributed by atoms with van der Waals surface area (Å²) in [5, 5.41) is 0. The van der Waals surface area contributed by atoms with Crippen LogP contribution in [0.3, 0.4) is 0 Å². The van der Waals surface area contributed by atoms with Crippen LogP contribution in [0.25, 0.3) is 0 Å². The van der Waals surface area contributed by atoms with E-state index in [0.717, 1.165) is 83.5 Å². The molecule has 0 aliphatic carbocycles. The summed E-state index contributed by atoms with van der Waals surface area (Å²) < 4.78 is 40.2. The van der Waals surface area contributed by atoms with Crippen molar-refractivity contribution in [3.63, 3.8) is 0 Å². The maximum Gasteiger partial charge on any atom is 0.472 e. The van der Waals surface area contributed by atoms with Crippen LogP contribution < -0.4 is 0 Å². The van der Waals surface area contributed by atoms with E-state index in [-0.39, 0.29) is 38.3 Å². The zero-order valence-corrected chi connectivity index (χ0v) is 40.7. The van der Waals surface area contributed by atoms with Gasteiger partial charge in [0.2, 0.25) is 0 Å². The summed E-state index contributed by atoms with van der Waals surface area (Å²) in [7, 11) is 1.41. The van der Waals surface area contributed by atoms with Crippen molar-refractivity contribution in [2.24, 2.45) is 0 Å². The van der Waals surface area contributed by atoms with Crippen LogP contribution in [0.15, 0.2) is 72.9 Å². The summed E-state index contributed by atoms with van der Waals surface area (Å²) in [6.45, 7) is 4.26. The molecule has 0 aromatic rings. The van der Waals surface area contributed by atoms with E-state index in [9.17, 15) is 19.0 Å². The first-order valence-electron chi connectivity index (χ1n) is 24.3. The number of carbonyl (C=O) groups excluding carboxylic acids is 2. The van der Waals surface area contributed by atoms with Crippen LogP contribution in [0.4, 0.5) is 0 Å². The quantitative estimate of drug-likeness (QED) is 0.0159. The molecule has 0 saturated carbocycles. The monoisotopic (exact) mass is 891 g/mol. The minimum Gasteiger partial charge on any atom is -0.462 e. The van der Waals surface area contributed by atoms with Crippen molar-refractivity contribution in [1.82, 2.24) is 0 Å². The predicted octanol–water partition coefficient (Wildman–Crippen LogP) is 13.2. The van der Waals surface area contributed by atoms with Crippen LogP contribution in [-0.2, 0) is 37.4 Å². The molecule has 11 heteroatoms. The van der Waals surface area contributed by atoms with Gasteiger partial charge in [0.25, 0.3) is 0 Å². The first-order valence-corrected chi connectivity index (χ1v) is 25.8. The van der Waals surface area contributed by atoms with Crippen molar-refractivity contribution in [3.05, 3.63) is 72.9 Å². The van der Waals surface area contributed by atoms with Gasteiger partial charge in [0.15, 0.2) is 6.10 Å². The van der Waals surface area contributed by atoms with Crippen molar-refractivity contribution in [2.45, 2.75) is 193 Å². The van der Waals surface area contributed by atoms with Crippen LogP contribution in [0.5, 0.6) is 0 Å². The lowest BCUT2D eigenvalue weighted by Gasteiger charge is -2.24. The molecule has 1 fully saturated rings. The largest absolute Gasteiger partial charge is 0.472 e. The summed E-state index contributed by atoms with van der Waals surface area (Å²) in [5.74, 6) is -0.894. The number of epoxide rings is 1. The molecule has 4 atom stereocenters. The Balaban J connectivity index is 2.31. The summed E-state index contributed by atoms with van der Waals surface area (Å²) in [6, 6.07) is 0. The topological polar surface area (TPSA) is 121 Å². The van der Waals surface area contributed by atoms with E-state index in [1.165, 1.54) is 51.4 Å². The van der Waals surface area contributed by atoms with Crippen LogP contribution in [0, 0.1) is 0 Å². The summed E-state index contributed by atoms with van der Waals surface area (Å²) in [6.07, 6.45) is 51.1. The van der Waals surface area contributed by atoms with E-state index in [2.05, 4.69) is 86.8 Å². The predicted molar refractivity (Wildman–Crippen MR) is 256 cm³/mol. The Morgan fingerprint density at radius 2 is 1.08 bits per heavy atom. The number of phosphoric ester groups is 1. The highest BCUT2D eigenvalue weighted by atomic mass is 31.2. The van der Waals surface area contributed by atoms with Gasteiger partial charge in [-0.15, -0.1) is 0 Å². The molecule has 62 heavy (non-hydrogen) atoms. The molecular formula is C51H89NO9P+.